The Morgan fingerprint density at radius 2 is 1.79 bits per heavy atom. The Morgan fingerprint density at radius 3 is 2.46 bits per heavy atom. The summed E-state index contributed by atoms with van der Waals surface area (Å²) in [5.74, 6) is -0.338. The number of nitrogens with one attached hydrogen (secondary N) is 1. The van der Waals surface area contributed by atoms with E-state index in [1.54, 1.807) is 19.1 Å². The molecule has 0 unspecified atom stereocenters. The number of carbonyl (C=O) groups excluding carboxylic acids is 2. The number of ether oxygens (including phenoxy) is 1. The van der Waals surface area contributed by atoms with Gasteiger partial charge in [0.1, 0.15) is 0 Å². The third-order valence-corrected chi connectivity index (χ3v) is 4.40. The van der Waals surface area contributed by atoms with Crippen LogP contribution in [-0.2, 0) is 16.0 Å². The van der Waals surface area contributed by atoms with Crippen LogP contribution in [0.2, 0.25) is 0 Å². The summed E-state index contributed by atoms with van der Waals surface area (Å²) in [6, 6.07) is 15.0. The van der Waals surface area contributed by atoms with Gasteiger partial charge in [-0.1, -0.05) is 44.2 Å². The maximum absolute atomic E-state index is 12.7. The molecule has 4 nitrogen and oxygen atoms in total. The van der Waals surface area contributed by atoms with E-state index in [4.69, 9.17) is 4.74 Å². The molecule has 1 heterocycles. The molecular formula is C20H21NO3. The molecule has 124 valence electrons. The minimum absolute atomic E-state index is 0.317. The second-order valence-corrected chi connectivity index (χ2v) is 6.69. The predicted molar refractivity (Wildman–Crippen MR) is 93.1 cm³/mol. The van der Waals surface area contributed by atoms with Gasteiger partial charge in [0, 0.05) is 12.1 Å². The van der Waals surface area contributed by atoms with E-state index in [0.29, 0.717) is 23.6 Å². The van der Waals surface area contributed by atoms with Crippen molar-refractivity contribution in [3.05, 3.63) is 65.2 Å². The van der Waals surface area contributed by atoms with Crippen molar-refractivity contribution in [2.24, 2.45) is 0 Å². The molecule has 0 aliphatic carbocycles. The molecule has 1 N–H and O–H groups in total. The zero-order valence-corrected chi connectivity index (χ0v) is 14.1. The smallest absolute Gasteiger partial charge is 0.339 e. The van der Waals surface area contributed by atoms with Crippen LogP contribution in [0.25, 0.3) is 0 Å². The highest BCUT2D eigenvalue weighted by molar-refractivity contribution is 6.02. The van der Waals surface area contributed by atoms with Gasteiger partial charge in [0.25, 0.3) is 5.91 Å². The van der Waals surface area contributed by atoms with Crippen molar-refractivity contribution in [2.45, 2.75) is 38.7 Å². The Balaban J connectivity index is 1.78. The average molecular weight is 323 g/mol. The molecule has 2 aromatic rings. The maximum atomic E-state index is 12.7. The molecule has 0 aromatic heterocycles. The van der Waals surface area contributed by atoms with E-state index in [1.165, 1.54) is 5.56 Å². The van der Waals surface area contributed by atoms with Crippen LogP contribution in [0.1, 0.15) is 48.2 Å². The topological polar surface area (TPSA) is 55.4 Å². The zero-order valence-electron chi connectivity index (χ0n) is 14.1. The molecule has 1 amide bonds. The van der Waals surface area contributed by atoms with E-state index in [-0.39, 0.29) is 5.91 Å². The summed E-state index contributed by atoms with van der Waals surface area (Å²) in [6.45, 7) is 5.89. The van der Waals surface area contributed by atoms with Gasteiger partial charge in [0.2, 0.25) is 0 Å². The van der Waals surface area contributed by atoms with Gasteiger partial charge in [0.15, 0.2) is 5.60 Å². The molecule has 0 bridgehead atoms. The Kier molecular flexibility index (Phi) is 4.14. The normalized spacial score (nSPS) is 19.6. The van der Waals surface area contributed by atoms with Crippen LogP contribution >= 0.6 is 0 Å². The van der Waals surface area contributed by atoms with Gasteiger partial charge in [-0.2, -0.15) is 0 Å². The monoisotopic (exact) mass is 323 g/mol. The van der Waals surface area contributed by atoms with Crippen LogP contribution < -0.4 is 5.32 Å². The van der Waals surface area contributed by atoms with Crippen molar-refractivity contribution in [3.8, 4) is 0 Å². The molecule has 0 radical (unpaired) electrons. The number of hydrogen-bond donors (Lipinski definition) is 1. The molecule has 24 heavy (non-hydrogen) atoms. The fourth-order valence-electron chi connectivity index (χ4n) is 2.87. The molecule has 1 atom stereocenters. The van der Waals surface area contributed by atoms with Crippen LogP contribution in [-0.4, -0.2) is 17.5 Å². The number of anilines is 1. The second-order valence-electron chi connectivity index (χ2n) is 6.69. The molecule has 4 heteroatoms. The van der Waals surface area contributed by atoms with Crippen LogP contribution in [0.4, 0.5) is 5.69 Å². The lowest BCUT2D eigenvalue weighted by molar-refractivity contribution is -0.134. The molecule has 3 rings (SSSR count). The van der Waals surface area contributed by atoms with Crippen molar-refractivity contribution in [2.75, 3.05) is 5.32 Å². The van der Waals surface area contributed by atoms with Crippen molar-refractivity contribution in [3.63, 3.8) is 0 Å². The first kappa shape index (κ1) is 16.2. The standard InChI is InChI=1S/C20H21NO3/c1-13(2)14-8-10-16(11-9-14)21-19(23)20(3)12-15-6-4-5-7-17(15)18(22)24-20/h4-11,13H,12H2,1-3H3,(H,21,23)/t20-/m1/s1. The highest BCUT2D eigenvalue weighted by atomic mass is 16.6. The second kappa shape index (κ2) is 6.11. The van der Waals surface area contributed by atoms with Crippen LogP contribution in [0, 0.1) is 0 Å². The van der Waals surface area contributed by atoms with Crippen molar-refractivity contribution < 1.29 is 14.3 Å². The summed E-state index contributed by atoms with van der Waals surface area (Å²) >= 11 is 0. The summed E-state index contributed by atoms with van der Waals surface area (Å²) in [4.78, 5) is 24.9. The Hall–Kier alpha value is -2.62. The number of amides is 1. The molecule has 0 spiro atoms. The van der Waals surface area contributed by atoms with Crippen LogP contribution in [0.3, 0.4) is 0 Å². The van der Waals surface area contributed by atoms with Gasteiger partial charge in [0.05, 0.1) is 5.56 Å². The number of benzene rings is 2. The largest absolute Gasteiger partial charge is 0.445 e. The third kappa shape index (κ3) is 3.04. The van der Waals surface area contributed by atoms with Crippen LogP contribution in [0.5, 0.6) is 0 Å². The summed E-state index contributed by atoms with van der Waals surface area (Å²) in [5, 5.41) is 2.85. The molecule has 0 saturated carbocycles. The van der Waals surface area contributed by atoms with E-state index in [9.17, 15) is 9.59 Å². The summed E-state index contributed by atoms with van der Waals surface area (Å²) < 4.78 is 5.45. The lowest BCUT2D eigenvalue weighted by Crippen LogP contribution is -2.48. The first-order chi connectivity index (χ1) is 11.4. The van der Waals surface area contributed by atoms with E-state index < -0.39 is 11.6 Å². The van der Waals surface area contributed by atoms with Gasteiger partial charge >= 0.3 is 5.97 Å². The number of esters is 1. The van der Waals surface area contributed by atoms with E-state index in [0.717, 1.165) is 5.56 Å². The van der Waals surface area contributed by atoms with Gasteiger partial charge in [-0.05, 0) is 42.2 Å². The van der Waals surface area contributed by atoms with Gasteiger partial charge in [-0.25, -0.2) is 4.79 Å². The van der Waals surface area contributed by atoms with E-state index in [2.05, 4.69) is 19.2 Å². The maximum Gasteiger partial charge on any atom is 0.339 e. The first-order valence-electron chi connectivity index (χ1n) is 8.12. The lowest BCUT2D eigenvalue weighted by Gasteiger charge is -2.33. The van der Waals surface area contributed by atoms with Crippen molar-refractivity contribution in [1.82, 2.24) is 0 Å². The zero-order chi connectivity index (χ0) is 17.3. The van der Waals surface area contributed by atoms with Crippen LogP contribution in [0.15, 0.2) is 48.5 Å². The fourth-order valence-corrected chi connectivity index (χ4v) is 2.87. The molecule has 0 fully saturated rings. The number of fused-ring (bicyclic) bond motifs is 1. The lowest BCUT2D eigenvalue weighted by atomic mass is 9.89. The molecule has 2 aromatic carbocycles. The Labute approximate surface area is 141 Å². The van der Waals surface area contributed by atoms with E-state index >= 15 is 0 Å². The van der Waals surface area contributed by atoms with Gasteiger partial charge in [-0.3, -0.25) is 4.79 Å². The molecule has 1 aliphatic rings. The quantitative estimate of drug-likeness (QED) is 0.871. The van der Waals surface area contributed by atoms with Gasteiger partial charge < -0.3 is 10.1 Å². The fraction of sp³-hybridized carbons (Fsp3) is 0.300. The minimum Gasteiger partial charge on any atom is -0.445 e. The highest BCUT2D eigenvalue weighted by Gasteiger charge is 2.42. The Bertz CT molecular complexity index is 780. The molecule has 1 aliphatic heterocycles. The highest BCUT2D eigenvalue weighted by Crippen LogP contribution is 2.29. The van der Waals surface area contributed by atoms with Gasteiger partial charge in [-0.15, -0.1) is 0 Å². The Morgan fingerprint density at radius 1 is 1.12 bits per heavy atom. The molecule has 0 saturated heterocycles. The van der Waals surface area contributed by atoms with Crippen molar-refractivity contribution in [1.29, 1.82) is 0 Å². The number of hydrogen-bond acceptors (Lipinski definition) is 3. The SMILES string of the molecule is CC(C)c1ccc(NC(=O)[C@@]2(C)Cc3ccccc3C(=O)O2)cc1. The first-order valence-corrected chi connectivity index (χ1v) is 8.12. The number of cyclic esters (lactones) is 1. The molecular weight excluding hydrogens is 302 g/mol. The summed E-state index contributed by atoms with van der Waals surface area (Å²) in [5.41, 5.74) is 2.06. The number of carbonyl (C=O) groups is 2. The predicted octanol–water partition coefficient (Wildman–Crippen LogP) is 3.92. The summed E-state index contributed by atoms with van der Waals surface area (Å²) in [6.07, 6.45) is 0.366. The third-order valence-electron chi connectivity index (χ3n) is 4.40. The summed E-state index contributed by atoms with van der Waals surface area (Å²) in [7, 11) is 0. The average Bonchev–Trinajstić information content (AvgIpc) is 2.55. The van der Waals surface area contributed by atoms with E-state index in [1.807, 2.05) is 36.4 Å². The minimum atomic E-state index is -1.21. The number of rotatable bonds is 3. The van der Waals surface area contributed by atoms with Crippen molar-refractivity contribution >= 4 is 17.6 Å².